The molecule has 6 heteroatoms. The van der Waals surface area contributed by atoms with Crippen LogP contribution in [0.3, 0.4) is 0 Å². The molecule has 0 atom stereocenters. The van der Waals surface area contributed by atoms with Gasteiger partial charge < -0.3 is 4.90 Å². The maximum absolute atomic E-state index is 11.6. The molecule has 0 radical (unpaired) electrons. The highest BCUT2D eigenvalue weighted by Crippen LogP contribution is 2.12. The van der Waals surface area contributed by atoms with Crippen LogP contribution in [0.25, 0.3) is 0 Å². The standard InChI is InChI=1S/C12H14Cl2N2O2/c1-16(12(18)15-11(17)5-6-13)8-9-3-2-4-10(14)7-9/h2-4,7H,5-6,8H2,1H3,(H,15,17,18). The van der Waals surface area contributed by atoms with E-state index in [9.17, 15) is 9.59 Å². The second kappa shape index (κ2) is 7.24. The van der Waals surface area contributed by atoms with E-state index in [2.05, 4.69) is 5.32 Å². The van der Waals surface area contributed by atoms with Crippen molar-refractivity contribution in [1.82, 2.24) is 10.2 Å². The molecular formula is C12H14Cl2N2O2. The van der Waals surface area contributed by atoms with Crippen LogP contribution in [0, 0.1) is 0 Å². The summed E-state index contributed by atoms with van der Waals surface area (Å²) in [4.78, 5) is 24.2. The quantitative estimate of drug-likeness (QED) is 0.866. The molecule has 0 aliphatic carbocycles. The molecule has 1 rings (SSSR count). The van der Waals surface area contributed by atoms with Crippen molar-refractivity contribution < 1.29 is 9.59 Å². The van der Waals surface area contributed by atoms with Crippen molar-refractivity contribution in [3.8, 4) is 0 Å². The van der Waals surface area contributed by atoms with Crippen molar-refractivity contribution in [3.05, 3.63) is 34.9 Å². The lowest BCUT2D eigenvalue weighted by molar-refractivity contribution is -0.119. The number of hydrogen-bond donors (Lipinski definition) is 1. The van der Waals surface area contributed by atoms with E-state index >= 15 is 0 Å². The fourth-order valence-corrected chi connectivity index (χ4v) is 1.73. The zero-order valence-electron chi connectivity index (χ0n) is 9.95. The van der Waals surface area contributed by atoms with Crippen molar-refractivity contribution >= 4 is 35.1 Å². The maximum Gasteiger partial charge on any atom is 0.324 e. The Labute approximate surface area is 116 Å². The van der Waals surface area contributed by atoms with Gasteiger partial charge in [-0.2, -0.15) is 0 Å². The van der Waals surface area contributed by atoms with Gasteiger partial charge in [0.15, 0.2) is 0 Å². The molecule has 0 saturated heterocycles. The zero-order chi connectivity index (χ0) is 13.5. The predicted molar refractivity (Wildman–Crippen MR) is 71.8 cm³/mol. The molecule has 0 spiro atoms. The highest BCUT2D eigenvalue weighted by molar-refractivity contribution is 6.30. The molecule has 0 fully saturated rings. The van der Waals surface area contributed by atoms with Gasteiger partial charge in [0.05, 0.1) is 0 Å². The van der Waals surface area contributed by atoms with Crippen LogP contribution in [0.2, 0.25) is 5.02 Å². The summed E-state index contributed by atoms with van der Waals surface area (Å²) in [7, 11) is 1.60. The van der Waals surface area contributed by atoms with Crippen LogP contribution in [0.4, 0.5) is 4.79 Å². The molecule has 0 bridgehead atoms. The molecule has 98 valence electrons. The van der Waals surface area contributed by atoms with Gasteiger partial charge in [-0.1, -0.05) is 23.7 Å². The molecule has 0 aliphatic rings. The van der Waals surface area contributed by atoms with E-state index in [-0.39, 0.29) is 18.2 Å². The Morgan fingerprint density at radius 2 is 2.11 bits per heavy atom. The lowest BCUT2D eigenvalue weighted by atomic mass is 10.2. The Bertz CT molecular complexity index is 438. The average molecular weight is 289 g/mol. The smallest absolute Gasteiger partial charge is 0.323 e. The molecule has 0 heterocycles. The first-order valence-corrected chi connectivity index (χ1v) is 6.29. The molecule has 0 aromatic heterocycles. The molecule has 1 aromatic carbocycles. The number of amides is 3. The van der Waals surface area contributed by atoms with Gasteiger partial charge in [0.25, 0.3) is 0 Å². The molecule has 3 amide bonds. The summed E-state index contributed by atoms with van der Waals surface area (Å²) in [5, 5.41) is 2.86. The molecular weight excluding hydrogens is 275 g/mol. The Morgan fingerprint density at radius 3 is 2.72 bits per heavy atom. The van der Waals surface area contributed by atoms with E-state index < -0.39 is 6.03 Å². The topological polar surface area (TPSA) is 49.4 Å². The molecule has 18 heavy (non-hydrogen) atoms. The molecule has 1 N–H and O–H groups in total. The number of urea groups is 1. The number of hydrogen-bond acceptors (Lipinski definition) is 2. The van der Waals surface area contributed by atoms with Crippen LogP contribution in [-0.2, 0) is 11.3 Å². The van der Waals surface area contributed by atoms with Crippen molar-refractivity contribution in [3.63, 3.8) is 0 Å². The van der Waals surface area contributed by atoms with Gasteiger partial charge in [0.2, 0.25) is 5.91 Å². The van der Waals surface area contributed by atoms with Crippen LogP contribution in [0.1, 0.15) is 12.0 Å². The van der Waals surface area contributed by atoms with Gasteiger partial charge in [-0.15, -0.1) is 11.6 Å². The summed E-state index contributed by atoms with van der Waals surface area (Å²) in [6, 6.07) is 6.74. The van der Waals surface area contributed by atoms with Crippen LogP contribution >= 0.6 is 23.2 Å². The summed E-state index contributed by atoms with van der Waals surface area (Å²) in [6.45, 7) is 0.376. The minimum Gasteiger partial charge on any atom is -0.323 e. The second-order valence-corrected chi connectivity index (χ2v) is 4.59. The zero-order valence-corrected chi connectivity index (χ0v) is 11.5. The number of halogens is 2. The van der Waals surface area contributed by atoms with Crippen LogP contribution in [-0.4, -0.2) is 29.8 Å². The number of rotatable bonds is 4. The maximum atomic E-state index is 11.6. The highest BCUT2D eigenvalue weighted by Gasteiger charge is 2.12. The number of imide groups is 1. The minimum absolute atomic E-state index is 0.123. The van der Waals surface area contributed by atoms with Crippen molar-refractivity contribution in [1.29, 1.82) is 0 Å². The molecule has 0 unspecified atom stereocenters. The Morgan fingerprint density at radius 1 is 1.39 bits per heavy atom. The van der Waals surface area contributed by atoms with Crippen LogP contribution in [0.5, 0.6) is 0 Å². The number of carbonyl (C=O) groups is 2. The van der Waals surface area contributed by atoms with Crippen LogP contribution < -0.4 is 5.32 Å². The van der Waals surface area contributed by atoms with E-state index in [0.717, 1.165) is 5.56 Å². The van der Waals surface area contributed by atoms with E-state index in [1.165, 1.54) is 4.90 Å². The monoisotopic (exact) mass is 288 g/mol. The molecule has 0 saturated carbocycles. The minimum atomic E-state index is -0.454. The number of nitrogens with one attached hydrogen (secondary N) is 1. The van der Waals surface area contributed by atoms with Crippen molar-refractivity contribution in [2.45, 2.75) is 13.0 Å². The SMILES string of the molecule is CN(Cc1cccc(Cl)c1)C(=O)NC(=O)CCCl. The second-order valence-electron chi connectivity index (χ2n) is 3.78. The normalized spacial score (nSPS) is 9.94. The van der Waals surface area contributed by atoms with E-state index in [1.54, 1.807) is 19.2 Å². The van der Waals surface area contributed by atoms with Gasteiger partial charge in [-0.05, 0) is 17.7 Å². The number of nitrogens with zero attached hydrogens (tertiary/aromatic N) is 1. The van der Waals surface area contributed by atoms with Crippen molar-refractivity contribution in [2.24, 2.45) is 0 Å². The van der Waals surface area contributed by atoms with Gasteiger partial charge in [-0.3, -0.25) is 10.1 Å². The summed E-state index contributed by atoms with van der Waals surface area (Å²) in [5.74, 6) is -0.190. The third-order valence-corrected chi connectivity index (χ3v) is 2.65. The van der Waals surface area contributed by atoms with Gasteiger partial charge in [-0.25, -0.2) is 4.79 Å². The Hall–Kier alpha value is -1.26. The predicted octanol–water partition coefficient (Wildman–Crippen LogP) is 2.64. The van der Waals surface area contributed by atoms with E-state index in [1.807, 2.05) is 12.1 Å². The third-order valence-electron chi connectivity index (χ3n) is 2.22. The summed E-state index contributed by atoms with van der Waals surface area (Å²) in [6.07, 6.45) is 0.123. The number of carbonyl (C=O) groups excluding carboxylic acids is 2. The lowest BCUT2D eigenvalue weighted by Gasteiger charge is -2.17. The third kappa shape index (κ3) is 4.94. The lowest BCUT2D eigenvalue weighted by Crippen LogP contribution is -2.40. The Kier molecular flexibility index (Phi) is 5.95. The fraction of sp³-hybridized carbons (Fsp3) is 0.333. The first-order valence-electron chi connectivity index (χ1n) is 5.38. The molecule has 0 aliphatic heterocycles. The first-order chi connectivity index (χ1) is 8.52. The number of alkyl halides is 1. The molecule has 1 aromatic rings. The Balaban J connectivity index is 2.52. The van der Waals surface area contributed by atoms with Gasteiger partial charge in [0, 0.05) is 30.9 Å². The fourth-order valence-electron chi connectivity index (χ4n) is 1.34. The number of benzene rings is 1. The van der Waals surface area contributed by atoms with Gasteiger partial charge in [0.1, 0.15) is 0 Å². The van der Waals surface area contributed by atoms with Gasteiger partial charge >= 0.3 is 6.03 Å². The average Bonchev–Trinajstić information content (AvgIpc) is 2.29. The summed E-state index contributed by atoms with van der Waals surface area (Å²) >= 11 is 11.3. The highest BCUT2D eigenvalue weighted by atomic mass is 35.5. The summed E-state index contributed by atoms with van der Waals surface area (Å²) in [5.41, 5.74) is 0.893. The van der Waals surface area contributed by atoms with Crippen LogP contribution in [0.15, 0.2) is 24.3 Å². The van der Waals surface area contributed by atoms with E-state index in [4.69, 9.17) is 23.2 Å². The largest absolute Gasteiger partial charge is 0.324 e. The molecule has 4 nitrogen and oxygen atoms in total. The summed E-state index contributed by atoms with van der Waals surface area (Å²) < 4.78 is 0. The first kappa shape index (κ1) is 14.8. The van der Waals surface area contributed by atoms with Crippen molar-refractivity contribution in [2.75, 3.05) is 12.9 Å². The van der Waals surface area contributed by atoms with E-state index in [0.29, 0.717) is 11.6 Å².